The quantitative estimate of drug-likeness (QED) is 0.650. The topological polar surface area (TPSA) is 79.5 Å². The minimum absolute atomic E-state index is 0.0453. The first-order chi connectivity index (χ1) is 14.6. The third-order valence-electron chi connectivity index (χ3n) is 5.68. The normalized spacial score (nSPS) is 15.3. The Balaban J connectivity index is 1.32. The summed E-state index contributed by atoms with van der Waals surface area (Å²) in [5, 5.41) is 2.95. The Hall–Kier alpha value is -3.06. The van der Waals surface area contributed by atoms with E-state index in [1.807, 2.05) is 0 Å². The molecule has 1 aliphatic rings. The first kappa shape index (κ1) is 20.2. The number of ether oxygens (including phenoxy) is 2. The lowest BCUT2D eigenvalue weighted by Gasteiger charge is -2.30. The lowest BCUT2D eigenvalue weighted by molar-refractivity contribution is -0.117. The van der Waals surface area contributed by atoms with Gasteiger partial charge in [-0.05, 0) is 62.7 Å². The predicted molar refractivity (Wildman–Crippen MR) is 117 cm³/mol. The molecule has 1 aliphatic heterocycles. The van der Waals surface area contributed by atoms with Crippen molar-refractivity contribution in [2.24, 2.45) is 0 Å². The van der Waals surface area contributed by atoms with Gasteiger partial charge in [0, 0.05) is 12.0 Å². The molecule has 158 valence electrons. The van der Waals surface area contributed by atoms with Crippen LogP contribution in [0.2, 0.25) is 0 Å². The molecule has 0 bridgehead atoms. The fourth-order valence-corrected chi connectivity index (χ4v) is 4.00. The molecular formula is C23H28N4O3. The van der Waals surface area contributed by atoms with Crippen LogP contribution in [-0.2, 0) is 4.79 Å². The highest BCUT2D eigenvalue weighted by Crippen LogP contribution is 2.30. The number of aromatic nitrogens is 2. The highest BCUT2D eigenvalue weighted by Gasteiger charge is 2.24. The number of anilines is 1. The van der Waals surface area contributed by atoms with Gasteiger partial charge in [-0.15, -0.1) is 0 Å². The van der Waals surface area contributed by atoms with Crippen molar-refractivity contribution >= 4 is 22.6 Å². The zero-order valence-corrected chi connectivity index (χ0v) is 17.7. The number of piperidine rings is 1. The Bertz CT molecular complexity index is 1040. The number of likely N-dealkylation sites (tertiary alicyclic amines) is 1. The monoisotopic (exact) mass is 408 g/mol. The van der Waals surface area contributed by atoms with Crippen molar-refractivity contribution in [1.29, 1.82) is 0 Å². The summed E-state index contributed by atoms with van der Waals surface area (Å²) in [6.45, 7) is 4.19. The molecule has 1 amide bonds. The highest BCUT2D eigenvalue weighted by atomic mass is 16.5. The Morgan fingerprint density at radius 2 is 1.97 bits per heavy atom. The SMILES string of the molecule is COc1ccc(NC(=O)CN2CCC(c3nc4ccc(C)cc4[nH]3)CC2)c(OC)c1. The number of amides is 1. The van der Waals surface area contributed by atoms with E-state index in [9.17, 15) is 4.79 Å². The molecule has 0 aliphatic carbocycles. The fraction of sp³-hybridized carbons (Fsp3) is 0.391. The molecule has 2 N–H and O–H groups in total. The van der Waals surface area contributed by atoms with Gasteiger partial charge in [0.25, 0.3) is 0 Å². The maximum absolute atomic E-state index is 12.5. The Morgan fingerprint density at radius 1 is 1.17 bits per heavy atom. The number of rotatable bonds is 6. The van der Waals surface area contributed by atoms with E-state index in [-0.39, 0.29) is 5.91 Å². The first-order valence-corrected chi connectivity index (χ1v) is 10.3. The van der Waals surface area contributed by atoms with Gasteiger partial charge in [0.15, 0.2) is 0 Å². The third kappa shape index (κ3) is 4.41. The van der Waals surface area contributed by atoms with Crippen LogP contribution in [0.5, 0.6) is 11.5 Å². The van der Waals surface area contributed by atoms with Crippen LogP contribution in [0.25, 0.3) is 11.0 Å². The van der Waals surface area contributed by atoms with Crippen molar-refractivity contribution in [1.82, 2.24) is 14.9 Å². The van der Waals surface area contributed by atoms with Crippen LogP contribution < -0.4 is 14.8 Å². The van der Waals surface area contributed by atoms with E-state index in [1.54, 1.807) is 32.4 Å². The third-order valence-corrected chi connectivity index (χ3v) is 5.68. The summed E-state index contributed by atoms with van der Waals surface area (Å²) < 4.78 is 10.6. The maximum atomic E-state index is 12.5. The van der Waals surface area contributed by atoms with Crippen molar-refractivity contribution in [2.75, 3.05) is 39.2 Å². The number of nitrogens with one attached hydrogen (secondary N) is 2. The number of aromatic amines is 1. The molecule has 1 aromatic heterocycles. The van der Waals surface area contributed by atoms with E-state index in [0.717, 1.165) is 42.8 Å². The maximum Gasteiger partial charge on any atom is 0.238 e. The van der Waals surface area contributed by atoms with Crippen LogP contribution in [0.15, 0.2) is 36.4 Å². The van der Waals surface area contributed by atoms with Crippen molar-refractivity contribution in [3.05, 3.63) is 47.8 Å². The molecule has 0 radical (unpaired) electrons. The number of benzene rings is 2. The molecular weight excluding hydrogens is 380 g/mol. The Kier molecular flexibility index (Phi) is 5.90. The van der Waals surface area contributed by atoms with Gasteiger partial charge in [-0.1, -0.05) is 6.07 Å². The molecule has 0 saturated carbocycles. The second-order valence-corrected chi connectivity index (χ2v) is 7.81. The fourth-order valence-electron chi connectivity index (χ4n) is 4.00. The molecule has 7 heteroatoms. The average molecular weight is 409 g/mol. The second kappa shape index (κ2) is 8.75. The highest BCUT2D eigenvalue weighted by molar-refractivity contribution is 5.93. The summed E-state index contributed by atoms with van der Waals surface area (Å²) in [5.74, 6) is 2.69. The van der Waals surface area contributed by atoms with Gasteiger partial charge < -0.3 is 19.8 Å². The molecule has 7 nitrogen and oxygen atoms in total. The summed E-state index contributed by atoms with van der Waals surface area (Å²) in [6, 6.07) is 11.7. The number of carbonyl (C=O) groups excluding carboxylic acids is 1. The minimum atomic E-state index is -0.0453. The van der Waals surface area contributed by atoms with E-state index in [1.165, 1.54) is 5.56 Å². The largest absolute Gasteiger partial charge is 0.497 e. The van der Waals surface area contributed by atoms with Gasteiger partial charge in [0.1, 0.15) is 17.3 Å². The molecule has 0 atom stereocenters. The van der Waals surface area contributed by atoms with Crippen LogP contribution >= 0.6 is 0 Å². The van der Waals surface area contributed by atoms with Crippen LogP contribution in [-0.4, -0.2) is 54.6 Å². The number of H-pyrrole nitrogens is 1. The van der Waals surface area contributed by atoms with E-state index in [4.69, 9.17) is 14.5 Å². The van der Waals surface area contributed by atoms with E-state index < -0.39 is 0 Å². The number of hydrogen-bond acceptors (Lipinski definition) is 5. The molecule has 1 saturated heterocycles. The van der Waals surface area contributed by atoms with Crippen molar-refractivity contribution in [3.63, 3.8) is 0 Å². The summed E-state index contributed by atoms with van der Waals surface area (Å²) >= 11 is 0. The molecule has 2 aromatic carbocycles. The minimum Gasteiger partial charge on any atom is -0.497 e. The van der Waals surface area contributed by atoms with Gasteiger partial charge in [-0.2, -0.15) is 0 Å². The first-order valence-electron chi connectivity index (χ1n) is 10.3. The van der Waals surface area contributed by atoms with Gasteiger partial charge in [0.05, 0.1) is 37.5 Å². The predicted octanol–water partition coefficient (Wildman–Crippen LogP) is 3.71. The molecule has 1 fully saturated rings. The van der Waals surface area contributed by atoms with Crippen molar-refractivity contribution in [3.8, 4) is 11.5 Å². The molecule has 2 heterocycles. The zero-order chi connectivity index (χ0) is 21.1. The Morgan fingerprint density at radius 3 is 2.70 bits per heavy atom. The smallest absolute Gasteiger partial charge is 0.238 e. The van der Waals surface area contributed by atoms with E-state index in [0.29, 0.717) is 29.6 Å². The zero-order valence-electron chi connectivity index (χ0n) is 17.7. The molecule has 3 aromatic rings. The standard InChI is InChI=1S/C23H28N4O3/c1-15-4-6-18-20(12-15)26-23(25-18)16-8-10-27(11-9-16)14-22(28)24-19-7-5-17(29-2)13-21(19)30-3/h4-7,12-13,16H,8-11,14H2,1-3H3,(H,24,28)(H,25,26). The molecule has 0 unspecified atom stereocenters. The van der Waals surface area contributed by atoms with Crippen LogP contribution in [0.3, 0.4) is 0 Å². The molecule has 0 spiro atoms. The number of hydrogen-bond donors (Lipinski definition) is 2. The van der Waals surface area contributed by atoms with Crippen molar-refractivity contribution in [2.45, 2.75) is 25.7 Å². The number of fused-ring (bicyclic) bond motifs is 1. The number of carbonyl (C=O) groups is 1. The van der Waals surface area contributed by atoms with Crippen LogP contribution in [0, 0.1) is 6.92 Å². The molecule has 30 heavy (non-hydrogen) atoms. The average Bonchev–Trinajstić information content (AvgIpc) is 3.17. The number of methoxy groups -OCH3 is 2. The summed E-state index contributed by atoms with van der Waals surface area (Å²) in [4.78, 5) is 23.0. The lowest BCUT2D eigenvalue weighted by atomic mass is 9.96. The van der Waals surface area contributed by atoms with Crippen LogP contribution in [0.1, 0.15) is 30.1 Å². The Labute approximate surface area is 176 Å². The van der Waals surface area contributed by atoms with Crippen LogP contribution in [0.4, 0.5) is 5.69 Å². The second-order valence-electron chi connectivity index (χ2n) is 7.81. The number of aryl methyl sites for hydroxylation is 1. The summed E-state index contributed by atoms with van der Waals surface area (Å²) in [7, 11) is 3.18. The van der Waals surface area contributed by atoms with Crippen molar-refractivity contribution < 1.29 is 14.3 Å². The lowest BCUT2D eigenvalue weighted by Crippen LogP contribution is -2.38. The van der Waals surface area contributed by atoms with Gasteiger partial charge in [-0.25, -0.2) is 4.98 Å². The van der Waals surface area contributed by atoms with E-state index >= 15 is 0 Å². The summed E-state index contributed by atoms with van der Waals surface area (Å²) in [5.41, 5.74) is 3.99. The number of imidazole rings is 1. The van der Waals surface area contributed by atoms with Gasteiger partial charge in [0.2, 0.25) is 5.91 Å². The van der Waals surface area contributed by atoms with E-state index in [2.05, 4.69) is 40.3 Å². The van der Waals surface area contributed by atoms with Gasteiger partial charge >= 0.3 is 0 Å². The molecule has 4 rings (SSSR count). The number of nitrogens with zero attached hydrogens (tertiary/aromatic N) is 2. The van der Waals surface area contributed by atoms with Gasteiger partial charge in [-0.3, -0.25) is 9.69 Å². The summed E-state index contributed by atoms with van der Waals surface area (Å²) in [6.07, 6.45) is 1.97.